The Labute approximate surface area is 188 Å². The second kappa shape index (κ2) is 8.70. The minimum absolute atomic E-state index is 0.147. The topological polar surface area (TPSA) is 74.7 Å². The van der Waals surface area contributed by atoms with Crippen LogP contribution in [-0.4, -0.2) is 29.1 Å². The monoisotopic (exact) mass is 463 g/mol. The van der Waals surface area contributed by atoms with Crippen LogP contribution in [0.15, 0.2) is 48.7 Å². The van der Waals surface area contributed by atoms with Crippen molar-refractivity contribution >= 4 is 57.9 Å². The SMILES string of the molecule is O=C(Nc1ccc(Cl)c(Cl)c1)c1cccc2c1OCCN2c1ncc(CO)cc1Cl. The minimum Gasteiger partial charge on any atom is -0.489 e. The molecule has 0 atom stereocenters. The summed E-state index contributed by atoms with van der Waals surface area (Å²) in [5, 5.41) is 13.2. The predicted octanol–water partition coefficient (Wildman–Crippen LogP) is 5.32. The van der Waals surface area contributed by atoms with Crippen LogP contribution in [0, 0.1) is 0 Å². The third kappa shape index (κ3) is 4.04. The van der Waals surface area contributed by atoms with Gasteiger partial charge in [0, 0.05) is 11.9 Å². The molecule has 6 nitrogen and oxygen atoms in total. The first-order chi connectivity index (χ1) is 14.5. The van der Waals surface area contributed by atoms with Crippen molar-refractivity contribution in [2.45, 2.75) is 6.61 Å². The van der Waals surface area contributed by atoms with Crippen LogP contribution in [0.3, 0.4) is 0 Å². The number of carbonyl (C=O) groups is 1. The van der Waals surface area contributed by atoms with Crippen molar-refractivity contribution in [2.75, 3.05) is 23.4 Å². The van der Waals surface area contributed by atoms with Crippen molar-refractivity contribution in [1.29, 1.82) is 0 Å². The Morgan fingerprint density at radius 3 is 2.70 bits per heavy atom. The number of aromatic nitrogens is 1. The highest BCUT2D eigenvalue weighted by Crippen LogP contribution is 2.41. The molecule has 0 radical (unpaired) electrons. The number of carbonyl (C=O) groups excluding carboxylic acids is 1. The molecule has 0 saturated heterocycles. The quantitative estimate of drug-likeness (QED) is 0.547. The third-order valence-electron chi connectivity index (χ3n) is 4.59. The standard InChI is InChI=1S/C21H16Cl3N3O3/c22-15-5-4-13(9-16(15)23)26-21(29)14-2-1-3-18-19(14)30-7-6-27(18)20-17(24)8-12(11-28)10-25-20/h1-5,8-10,28H,6-7,11H2,(H,26,29). The molecule has 4 rings (SSSR count). The number of aliphatic hydroxyl groups excluding tert-OH is 1. The summed E-state index contributed by atoms with van der Waals surface area (Å²) in [4.78, 5) is 19.2. The van der Waals surface area contributed by atoms with Crippen molar-refractivity contribution in [3.8, 4) is 5.75 Å². The van der Waals surface area contributed by atoms with E-state index >= 15 is 0 Å². The Kier molecular flexibility index (Phi) is 6.01. The van der Waals surface area contributed by atoms with Crippen molar-refractivity contribution in [2.24, 2.45) is 0 Å². The third-order valence-corrected chi connectivity index (χ3v) is 5.60. The highest BCUT2D eigenvalue weighted by molar-refractivity contribution is 6.42. The van der Waals surface area contributed by atoms with Gasteiger partial charge in [-0.3, -0.25) is 4.79 Å². The summed E-state index contributed by atoms with van der Waals surface area (Å²) >= 11 is 18.4. The van der Waals surface area contributed by atoms with E-state index in [0.717, 1.165) is 0 Å². The molecule has 0 aliphatic carbocycles. The second-order valence-electron chi connectivity index (χ2n) is 6.54. The molecule has 0 unspecified atom stereocenters. The van der Waals surface area contributed by atoms with Gasteiger partial charge in [0.05, 0.1) is 39.5 Å². The first-order valence-electron chi connectivity index (χ1n) is 9.03. The number of nitrogens with zero attached hydrogens (tertiary/aromatic N) is 2. The van der Waals surface area contributed by atoms with Crippen LogP contribution in [0.5, 0.6) is 5.75 Å². The molecule has 0 bridgehead atoms. The molecular formula is C21H16Cl3N3O3. The zero-order valence-electron chi connectivity index (χ0n) is 15.5. The lowest BCUT2D eigenvalue weighted by molar-refractivity contribution is 0.102. The smallest absolute Gasteiger partial charge is 0.259 e. The first-order valence-corrected chi connectivity index (χ1v) is 10.2. The fourth-order valence-corrected chi connectivity index (χ4v) is 3.76. The maximum atomic E-state index is 12.9. The Bertz CT molecular complexity index is 1120. The van der Waals surface area contributed by atoms with E-state index in [1.54, 1.807) is 42.6 Å². The summed E-state index contributed by atoms with van der Waals surface area (Å²) in [7, 11) is 0. The van der Waals surface area contributed by atoms with E-state index < -0.39 is 0 Å². The largest absolute Gasteiger partial charge is 0.489 e. The van der Waals surface area contributed by atoms with Crippen LogP contribution in [-0.2, 0) is 6.61 Å². The van der Waals surface area contributed by atoms with Crippen LogP contribution >= 0.6 is 34.8 Å². The van der Waals surface area contributed by atoms with Crippen LogP contribution in [0.2, 0.25) is 15.1 Å². The molecule has 154 valence electrons. The molecule has 0 spiro atoms. The van der Waals surface area contributed by atoms with Crippen molar-refractivity contribution in [3.63, 3.8) is 0 Å². The molecule has 2 heterocycles. The van der Waals surface area contributed by atoms with Gasteiger partial charge >= 0.3 is 0 Å². The molecule has 0 fully saturated rings. The maximum absolute atomic E-state index is 12.9. The number of benzene rings is 2. The fraction of sp³-hybridized carbons (Fsp3) is 0.143. The molecule has 1 aliphatic rings. The number of ether oxygens (including phenoxy) is 1. The summed E-state index contributed by atoms with van der Waals surface area (Å²) in [5.74, 6) is 0.618. The van der Waals surface area contributed by atoms with Gasteiger partial charge in [-0.15, -0.1) is 0 Å². The summed E-state index contributed by atoms with van der Waals surface area (Å²) in [6, 6.07) is 11.8. The van der Waals surface area contributed by atoms with Gasteiger partial charge in [-0.05, 0) is 42.0 Å². The zero-order valence-corrected chi connectivity index (χ0v) is 17.8. The van der Waals surface area contributed by atoms with E-state index in [0.29, 0.717) is 62.3 Å². The van der Waals surface area contributed by atoms with E-state index in [-0.39, 0.29) is 12.5 Å². The van der Waals surface area contributed by atoms with E-state index in [9.17, 15) is 9.90 Å². The van der Waals surface area contributed by atoms with Gasteiger partial charge in [-0.25, -0.2) is 4.98 Å². The van der Waals surface area contributed by atoms with Gasteiger partial charge in [-0.1, -0.05) is 40.9 Å². The van der Waals surface area contributed by atoms with Gasteiger partial charge in [0.1, 0.15) is 6.61 Å². The number of hydrogen-bond donors (Lipinski definition) is 2. The predicted molar refractivity (Wildman–Crippen MR) is 119 cm³/mol. The average Bonchev–Trinajstić information content (AvgIpc) is 2.75. The van der Waals surface area contributed by atoms with Crippen molar-refractivity contribution in [3.05, 3.63) is 74.9 Å². The molecule has 0 saturated carbocycles. The zero-order chi connectivity index (χ0) is 21.3. The number of amides is 1. The molecule has 1 aliphatic heterocycles. The highest BCUT2D eigenvalue weighted by atomic mass is 35.5. The average molecular weight is 465 g/mol. The summed E-state index contributed by atoms with van der Waals surface area (Å²) in [6.45, 7) is 0.714. The lowest BCUT2D eigenvalue weighted by atomic mass is 10.1. The number of halogens is 3. The van der Waals surface area contributed by atoms with Crippen LogP contribution < -0.4 is 15.0 Å². The van der Waals surface area contributed by atoms with E-state index in [2.05, 4.69) is 10.3 Å². The van der Waals surface area contributed by atoms with E-state index in [1.807, 2.05) is 11.0 Å². The molecule has 3 aromatic rings. The Morgan fingerprint density at radius 2 is 1.97 bits per heavy atom. The number of anilines is 3. The summed E-state index contributed by atoms with van der Waals surface area (Å²) < 4.78 is 5.83. The summed E-state index contributed by atoms with van der Waals surface area (Å²) in [5.41, 5.74) is 2.18. The number of pyridine rings is 1. The maximum Gasteiger partial charge on any atom is 0.259 e. The Balaban J connectivity index is 1.67. The van der Waals surface area contributed by atoms with Crippen molar-refractivity contribution in [1.82, 2.24) is 4.98 Å². The summed E-state index contributed by atoms with van der Waals surface area (Å²) in [6.07, 6.45) is 1.57. The molecule has 1 amide bonds. The van der Waals surface area contributed by atoms with Gasteiger partial charge in [0.2, 0.25) is 0 Å². The Hall–Kier alpha value is -2.51. The fourth-order valence-electron chi connectivity index (χ4n) is 3.18. The van der Waals surface area contributed by atoms with Crippen molar-refractivity contribution < 1.29 is 14.6 Å². The number of aliphatic hydroxyl groups is 1. The minimum atomic E-state index is -0.346. The first kappa shape index (κ1) is 20.8. The molecule has 9 heteroatoms. The number of fused-ring (bicyclic) bond motifs is 1. The molecule has 1 aromatic heterocycles. The number of para-hydroxylation sites is 1. The van der Waals surface area contributed by atoms with Gasteiger partial charge in [0.15, 0.2) is 11.6 Å². The van der Waals surface area contributed by atoms with Gasteiger partial charge < -0.3 is 20.1 Å². The molecule has 2 N–H and O–H groups in total. The van der Waals surface area contributed by atoms with E-state index in [1.165, 1.54) is 0 Å². The van der Waals surface area contributed by atoms with Gasteiger partial charge in [-0.2, -0.15) is 0 Å². The normalized spacial score (nSPS) is 12.9. The van der Waals surface area contributed by atoms with Gasteiger partial charge in [0.25, 0.3) is 5.91 Å². The van der Waals surface area contributed by atoms with E-state index in [4.69, 9.17) is 39.5 Å². The van der Waals surface area contributed by atoms with Crippen LogP contribution in [0.1, 0.15) is 15.9 Å². The molecule has 2 aromatic carbocycles. The molecular weight excluding hydrogens is 449 g/mol. The lowest BCUT2D eigenvalue weighted by Gasteiger charge is -2.32. The lowest BCUT2D eigenvalue weighted by Crippen LogP contribution is -2.31. The van der Waals surface area contributed by atoms with Crippen LogP contribution in [0.25, 0.3) is 0 Å². The molecule has 30 heavy (non-hydrogen) atoms. The number of nitrogens with one attached hydrogen (secondary N) is 1. The highest BCUT2D eigenvalue weighted by Gasteiger charge is 2.27. The number of hydrogen-bond acceptors (Lipinski definition) is 5. The second-order valence-corrected chi connectivity index (χ2v) is 7.77. The Morgan fingerprint density at radius 1 is 1.13 bits per heavy atom. The van der Waals surface area contributed by atoms with Crippen LogP contribution in [0.4, 0.5) is 17.2 Å². The number of rotatable bonds is 4.